The zero-order valence-corrected chi connectivity index (χ0v) is 14.6. The first-order chi connectivity index (χ1) is 12.1. The summed E-state index contributed by atoms with van der Waals surface area (Å²) in [4.78, 5) is 15.6. The van der Waals surface area contributed by atoms with E-state index in [1.807, 2.05) is 37.3 Å². The molecule has 2 unspecified atom stereocenters. The first kappa shape index (κ1) is 20.0. The fraction of sp³-hybridized carbons (Fsp3) is 0.444. The minimum absolute atomic E-state index is 0.0627. The number of alkyl halides is 3. The van der Waals surface area contributed by atoms with Crippen LogP contribution >= 0.6 is 0 Å². The molecule has 8 heteroatoms. The van der Waals surface area contributed by atoms with Crippen molar-refractivity contribution in [3.8, 4) is 0 Å². The lowest BCUT2D eigenvalue weighted by Crippen LogP contribution is -2.46. The first-order valence-electron chi connectivity index (χ1n) is 8.23. The van der Waals surface area contributed by atoms with Crippen LogP contribution in [0.2, 0.25) is 0 Å². The summed E-state index contributed by atoms with van der Waals surface area (Å²) in [6.45, 7) is 1.55. The Hall–Kier alpha value is -2.35. The van der Waals surface area contributed by atoms with Crippen molar-refractivity contribution in [3.63, 3.8) is 0 Å². The number of rotatable bonds is 7. The fourth-order valence-corrected chi connectivity index (χ4v) is 2.78. The molecule has 0 spiro atoms. The highest BCUT2D eigenvalue weighted by molar-refractivity contribution is 5.76. The molecule has 2 N–H and O–H groups in total. The lowest BCUT2D eigenvalue weighted by molar-refractivity contribution is -0.272. The summed E-state index contributed by atoms with van der Waals surface area (Å²) in [6, 6.07) is 9.37. The number of carbonyl (C=O) groups is 1. The normalized spacial score (nSPS) is 15.3. The zero-order chi connectivity index (χ0) is 19.4. The molecule has 26 heavy (non-hydrogen) atoms. The summed E-state index contributed by atoms with van der Waals surface area (Å²) in [6.07, 6.45) is -2.96. The lowest BCUT2D eigenvalue weighted by atomic mass is 9.96. The van der Waals surface area contributed by atoms with Crippen LogP contribution in [0.4, 0.5) is 13.2 Å². The van der Waals surface area contributed by atoms with Crippen molar-refractivity contribution >= 4 is 5.91 Å². The number of aryl methyl sites for hydroxylation is 1. The Morgan fingerprint density at radius 3 is 2.50 bits per heavy atom. The van der Waals surface area contributed by atoms with Gasteiger partial charge in [0.25, 0.3) is 0 Å². The highest BCUT2D eigenvalue weighted by atomic mass is 19.4. The second-order valence-electron chi connectivity index (χ2n) is 6.34. The Balaban J connectivity index is 1.96. The number of aliphatic hydroxyl groups is 1. The van der Waals surface area contributed by atoms with E-state index in [1.54, 1.807) is 0 Å². The molecular weight excluding hydrogens is 347 g/mol. The van der Waals surface area contributed by atoms with Crippen molar-refractivity contribution in [2.24, 2.45) is 7.05 Å². The van der Waals surface area contributed by atoms with Crippen molar-refractivity contribution in [1.82, 2.24) is 14.9 Å². The van der Waals surface area contributed by atoms with Gasteiger partial charge in [-0.2, -0.15) is 13.2 Å². The van der Waals surface area contributed by atoms with E-state index in [-0.39, 0.29) is 24.8 Å². The molecule has 0 bridgehead atoms. The van der Waals surface area contributed by atoms with E-state index in [9.17, 15) is 23.1 Å². The van der Waals surface area contributed by atoms with E-state index in [0.717, 1.165) is 10.1 Å². The van der Waals surface area contributed by atoms with Gasteiger partial charge in [0.05, 0.1) is 0 Å². The average molecular weight is 369 g/mol. The molecule has 0 saturated carbocycles. The minimum atomic E-state index is -4.91. The monoisotopic (exact) mass is 369 g/mol. The topological polar surface area (TPSA) is 67.2 Å². The molecule has 0 aliphatic rings. The number of nitrogens with one attached hydrogen (secondary N) is 1. The van der Waals surface area contributed by atoms with Gasteiger partial charge in [0.15, 0.2) is 0 Å². The van der Waals surface area contributed by atoms with Crippen LogP contribution in [0, 0.1) is 0 Å². The molecule has 2 rings (SSSR count). The first-order valence-corrected chi connectivity index (χ1v) is 8.23. The van der Waals surface area contributed by atoms with Gasteiger partial charge in [0, 0.05) is 38.8 Å². The number of aromatic nitrogens is 2. The standard InChI is InChI=1S/C18H22F3N3O2/c1-13(14-6-4-3-5-7-14)12-15(25)22-9-8-17(26,18(19,20)21)16-23-10-11-24(16)2/h3-7,10-11,13,26H,8-9,12H2,1-2H3,(H,22,25). The van der Waals surface area contributed by atoms with E-state index >= 15 is 0 Å². The van der Waals surface area contributed by atoms with Gasteiger partial charge < -0.3 is 15.0 Å². The molecule has 0 radical (unpaired) electrons. The molecular formula is C18H22F3N3O2. The molecule has 0 saturated heterocycles. The van der Waals surface area contributed by atoms with Crippen LogP contribution in [0.25, 0.3) is 0 Å². The summed E-state index contributed by atoms with van der Waals surface area (Å²) < 4.78 is 41.3. The van der Waals surface area contributed by atoms with Gasteiger partial charge in [-0.25, -0.2) is 4.98 Å². The maximum Gasteiger partial charge on any atom is 0.424 e. The molecule has 1 aromatic carbocycles. The molecule has 0 aliphatic carbocycles. The molecule has 2 aromatic rings. The molecule has 2 atom stereocenters. The summed E-state index contributed by atoms with van der Waals surface area (Å²) >= 11 is 0. The van der Waals surface area contributed by atoms with Crippen LogP contribution in [0.15, 0.2) is 42.7 Å². The summed E-state index contributed by atoms with van der Waals surface area (Å²) in [5.74, 6) is -0.935. The van der Waals surface area contributed by atoms with Crippen molar-refractivity contribution in [3.05, 3.63) is 54.1 Å². The van der Waals surface area contributed by atoms with E-state index < -0.39 is 24.0 Å². The van der Waals surface area contributed by atoms with Crippen molar-refractivity contribution in [1.29, 1.82) is 0 Å². The van der Waals surface area contributed by atoms with Crippen LogP contribution < -0.4 is 5.32 Å². The number of hydrogen-bond donors (Lipinski definition) is 2. The van der Waals surface area contributed by atoms with E-state index in [0.29, 0.717) is 0 Å². The molecule has 1 amide bonds. The van der Waals surface area contributed by atoms with Gasteiger partial charge in [-0.05, 0) is 11.5 Å². The maximum atomic E-state index is 13.4. The Kier molecular flexibility index (Phi) is 6.07. The predicted molar refractivity (Wildman–Crippen MR) is 90.3 cm³/mol. The Bertz CT molecular complexity index is 731. The third-order valence-electron chi connectivity index (χ3n) is 4.33. The van der Waals surface area contributed by atoms with Crippen LogP contribution in [-0.2, 0) is 17.4 Å². The van der Waals surface area contributed by atoms with Gasteiger partial charge in [-0.3, -0.25) is 4.79 Å². The number of benzene rings is 1. The van der Waals surface area contributed by atoms with Gasteiger partial charge in [0.2, 0.25) is 11.5 Å². The van der Waals surface area contributed by atoms with Crippen LogP contribution in [-0.4, -0.2) is 33.3 Å². The minimum Gasteiger partial charge on any atom is -0.374 e. The summed E-state index contributed by atoms with van der Waals surface area (Å²) in [5, 5.41) is 12.7. The highest BCUT2D eigenvalue weighted by Gasteiger charge is 2.57. The quantitative estimate of drug-likeness (QED) is 0.789. The Labute approximate surface area is 149 Å². The molecule has 142 valence electrons. The van der Waals surface area contributed by atoms with E-state index in [4.69, 9.17) is 0 Å². The molecule has 1 heterocycles. The summed E-state index contributed by atoms with van der Waals surface area (Å²) in [7, 11) is 1.37. The van der Waals surface area contributed by atoms with Crippen molar-refractivity contribution < 1.29 is 23.1 Å². The lowest BCUT2D eigenvalue weighted by Gasteiger charge is -2.30. The molecule has 1 aromatic heterocycles. The second-order valence-corrected chi connectivity index (χ2v) is 6.34. The van der Waals surface area contributed by atoms with Gasteiger partial charge >= 0.3 is 6.18 Å². The Morgan fingerprint density at radius 2 is 1.96 bits per heavy atom. The van der Waals surface area contributed by atoms with E-state index in [2.05, 4.69) is 10.3 Å². The number of nitrogens with zero attached hydrogens (tertiary/aromatic N) is 2. The SMILES string of the molecule is CC(CC(=O)NCCC(O)(c1nccn1C)C(F)(F)F)c1ccccc1. The number of halogens is 3. The number of amides is 1. The molecule has 0 aliphatic heterocycles. The zero-order valence-electron chi connectivity index (χ0n) is 14.6. The number of carbonyl (C=O) groups excluding carboxylic acids is 1. The van der Waals surface area contributed by atoms with Crippen molar-refractivity contribution in [2.45, 2.75) is 37.5 Å². The molecule has 0 fully saturated rings. The molecule has 5 nitrogen and oxygen atoms in total. The third-order valence-corrected chi connectivity index (χ3v) is 4.33. The van der Waals surface area contributed by atoms with E-state index in [1.165, 1.54) is 19.4 Å². The second kappa shape index (κ2) is 7.90. The van der Waals surface area contributed by atoms with Crippen LogP contribution in [0.3, 0.4) is 0 Å². The van der Waals surface area contributed by atoms with Crippen LogP contribution in [0.5, 0.6) is 0 Å². The van der Waals surface area contributed by atoms with Gasteiger partial charge in [-0.15, -0.1) is 0 Å². The summed E-state index contributed by atoms with van der Waals surface area (Å²) in [5.41, 5.74) is -2.15. The largest absolute Gasteiger partial charge is 0.424 e. The smallest absolute Gasteiger partial charge is 0.374 e. The van der Waals surface area contributed by atoms with Crippen LogP contribution in [0.1, 0.15) is 37.1 Å². The Morgan fingerprint density at radius 1 is 1.31 bits per heavy atom. The number of imidazole rings is 1. The van der Waals surface area contributed by atoms with Gasteiger partial charge in [-0.1, -0.05) is 37.3 Å². The fourth-order valence-electron chi connectivity index (χ4n) is 2.78. The highest BCUT2D eigenvalue weighted by Crippen LogP contribution is 2.40. The predicted octanol–water partition coefficient (Wildman–Crippen LogP) is 2.87. The maximum absolute atomic E-state index is 13.4. The van der Waals surface area contributed by atoms with Crippen molar-refractivity contribution in [2.75, 3.05) is 6.54 Å². The number of hydrogen-bond acceptors (Lipinski definition) is 3. The van der Waals surface area contributed by atoms with Gasteiger partial charge in [0.1, 0.15) is 5.82 Å². The third kappa shape index (κ3) is 4.43. The average Bonchev–Trinajstić information content (AvgIpc) is 3.01.